The fourth-order valence-electron chi connectivity index (χ4n) is 4.29. The minimum Gasteiger partial charge on any atom is -0.324 e. The van der Waals surface area contributed by atoms with Crippen LogP contribution in [0.15, 0.2) is 24.3 Å². The Labute approximate surface area is 153 Å². The van der Waals surface area contributed by atoms with Crippen molar-refractivity contribution in [3.63, 3.8) is 0 Å². The lowest BCUT2D eigenvalue weighted by atomic mass is 9.76. The maximum Gasteiger partial charge on any atom is 0.408 e. The molecule has 4 atom stereocenters. The average molecular weight is 384 g/mol. The van der Waals surface area contributed by atoms with E-state index in [0.29, 0.717) is 6.42 Å². The molecule has 2 unspecified atom stereocenters. The van der Waals surface area contributed by atoms with Crippen molar-refractivity contribution in [1.82, 2.24) is 19.7 Å². The SMILES string of the molecule is CC1([C@@H]2C[C@H](F)c3nc(C(=O)N4CCCC4C(F)(F)F)nn32)C=CC=CC1. The van der Waals surface area contributed by atoms with E-state index in [2.05, 4.69) is 10.1 Å². The van der Waals surface area contributed by atoms with E-state index < -0.39 is 24.3 Å². The van der Waals surface area contributed by atoms with Crippen LogP contribution >= 0.6 is 0 Å². The number of rotatable bonds is 2. The molecule has 1 aromatic rings. The molecule has 1 fully saturated rings. The molecule has 9 heteroatoms. The number of fused-ring (bicyclic) bond motifs is 1. The number of amides is 1. The Morgan fingerprint density at radius 1 is 1.33 bits per heavy atom. The second kappa shape index (κ2) is 6.17. The maximum atomic E-state index is 14.5. The first-order valence-electron chi connectivity index (χ1n) is 9.03. The van der Waals surface area contributed by atoms with E-state index in [0.717, 1.165) is 4.90 Å². The second-order valence-corrected chi connectivity index (χ2v) is 7.65. The Balaban J connectivity index is 1.63. The number of nitrogens with zero attached hydrogens (tertiary/aromatic N) is 4. The largest absolute Gasteiger partial charge is 0.408 e. The Hall–Kier alpha value is -2.19. The first-order valence-corrected chi connectivity index (χ1v) is 9.03. The molecule has 0 radical (unpaired) electrons. The number of allylic oxidation sites excluding steroid dienone is 4. The van der Waals surface area contributed by atoms with Gasteiger partial charge in [0.2, 0.25) is 5.82 Å². The summed E-state index contributed by atoms with van der Waals surface area (Å²) in [5.41, 5.74) is -0.388. The van der Waals surface area contributed by atoms with E-state index in [1.807, 2.05) is 31.2 Å². The van der Waals surface area contributed by atoms with Gasteiger partial charge in [-0.05, 0) is 19.3 Å². The van der Waals surface area contributed by atoms with Gasteiger partial charge in [0.25, 0.3) is 5.91 Å². The normalized spacial score (nSPS) is 32.9. The zero-order valence-electron chi connectivity index (χ0n) is 14.8. The van der Waals surface area contributed by atoms with Gasteiger partial charge in [-0.3, -0.25) is 4.79 Å². The van der Waals surface area contributed by atoms with Crippen LogP contribution in [0.4, 0.5) is 17.6 Å². The van der Waals surface area contributed by atoms with Gasteiger partial charge < -0.3 is 4.90 Å². The van der Waals surface area contributed by atoms with E-state index in [-0.39, 0.29) is 48.9 Å². The fraction of sp³-hybridized carbons (Fsp3) is 0.611. The zero-order chi connectivity index (χ0) is 19.4. The number of hydrogen-bond acceptors (Lipinski definition) is 3. The first-order chi connectivity index (χ1) is 12.7. The summed E-state index contributed by atoms with van der Waals surface area (Å²) in [6.07, 6.45) is 2.87. The molecule has 0 bridgehead atoms. The monoisotopic (exact) mass is 384 g/mol. The van der Waals surface area contributed by atoms with Gasteiger partial charge in [-0.1, -0.05) is 31.2 Å². The quantitative estimate of drug-likeness (QED) is 0.726. The highest BCUT2D eigenvalue weighted by molar-refractivity contribution is 5.91. The van der Waals surface area contributed by atoms with Crippen molar-refractivity contribution in [3.8, 4) is 0 Å². The fourth-order valence-corrected chi connectivity index (χ4v) is 4.29. The molecular weight excluding hydrogens is 364 g/mol. The summed E-state index contributed by atoms with van der Waals surface area (Å²) in [5, 5.41) is 4.15. The van der Waals surface area contributed by atoms with Gasteiger partial charge in [-0.15, -0.1) is 5.10 Å². The maximum absolute atomic E-state index is 14.5. The van der Waals surface area contributed by atoms with Crippen LogP contribution in [0.2, 0.25) is 0 Å². The molecule has 5 nitrogen and oxygen atoms in total. The van der Waals surface area contributed by atoms with Gasteiger partial charge in [0.1, 0.15) is 6.04 Å². The number of likely N-dealkylation sites (tertiary alicyclic amines) is 1. The number of halogens is 4. The number of hydrogen-bond donors (Lipinski definition) is 0. The van der Waals surface area contributed by atoms with Crippen LogP contribution in [0.25, 0.3) is 0 Å². The van der Waals surface area contributed by atoms with Crippen molar-refractivity contribution < 1.29 is 22.4 Å². The number of carbonyl (C=O) groups excluding carboxylic acids is 1. The highest BCUT2D eigenvalue weighted by Gasteiger charge is 2.49. The molecule has 1 amide bonds. The van der Waals surface area contributed by atoms with Gasteiger partial charge in [0, 0.05) is 18.4 Å². The van der Waals surface area contributed by atoms with Crippen molar-refractivity contribution in [2.45, 2.75) is 57.0 Å². The topological polar surface area (TPSA) is 51.0 Å². The number of carbonyl (C=O) groups is 1. The molecule has 27 heavy (non-hydrogen) atoms. The lowest BCUT2D eigenvalue weighted by Gasteiger charge is -2.33. The average Bonchev–Trinajstić information content (AvgIpc) is 3.30. The van der Waals surface area contributed by atoms with Crippen LogP contribution in [-0.2, 0) is 0 Å². The molecule has 2 aliphatic heterocycles. The van der Waals surface area contributed by atoms with E-state index in [9.17, 15) is 22.4 Å². The van der Waals surface area contributed by atoms with Gasteiger partial charge >= 0.3 is 6.18 Å². The Morgan fingerprint density at radius 3 is 2.78 bits per heavy atom. The Morgan fingerprint density at radius 2 is 2.11 bits per heavy atom. The molecule has 1 aliphatic carbocycles. The second-order valence-electron chi connectivity index (χ2n) is 7.65. The highest BCUT2D eigenvalue weighted by atomic mass is 19.4. The molecule has 3 heterocycles. The van der Waals surface area contributed by atoms with Crippen molar-refractivity contribution in [3.05, 3.63) is 36.0 Å². The lowest BCUT2D eigenvalue weighted by Crippen LogP contribution is -2.45. The van der Waals surface area contributed by atoms with Gasteiger partial charge in [0.15, 0.2) is 12.0 Å². The third-order valence-electron chi connectivity index (χ3n) is 5.79. The van der Waals surface area contributed by atoms with E-state index in [1.165, 1.54) is 4.68 Å². The third-order valence-corrected chi connectivity index (χ3v) is 5.79. The third kappa shape index (κ3) is 2.96. The summed E-state index contributed by atoms with van der Waals surface area (Å²) in [6.45, 7) is 1.98. The van der Waals surface area contributed by atoms with Crippen LogP contribution in [0.5, 0.6) is 0 Å². The van der Waals surface area contributed by atoms with Gasteiger partial charge in [0.05, 0.1) is 6.04 Å². The van der Waals surface area contributed by atoms with Crippen LogP contribution < -0.4 is 0 Å². The molecular formula is C18H20F4N4O. The van der Waals surface area contributed by atoms with Gasteiger partial charge in [-0.2, -0.15) is 13.2 Å². The summed E-state index contributed by atoms with van der Waals surface area (Å²) in [4.78, 5) is 17.4. The predicted molar refractivity (Wildman–Crippen MR) is 88.6 cm³/mol. The van der Waals surface area contributed by atoms with E-state index >= 15 is 0 Å². The van der Waals surface area contributed by atoms with Crippen LogP contribution in [0.3, 0.4) is 0 Å². The van der Waals surface area contributed by atoms with Crippen LogP contribution in [0.1, 0.15) is 61.3 Å². The minimum atomic E-state index is -4.49. The van der Waals surface area contributed by atoms with Crippen molar-refractivity contribution in [2.75, 3.05) is 6.54 Å². The smallest absolute Gasteiger partial charge is 0.324 e. The molecule has 3 aliphatic rings. The molecule has 0 N–H and O–H groups in total. The highest BCUT2D eigenvalue weighted by Crippen LogP contribution is 2.49. The van der Waals surface area contributed by atoms with E-state index in [4.69, 9.17) is 0 Å². The van der Waals surface area contributed by atoms with Crippen molar-refractivity contribution >= 4 is 5.91 Å². The minimum absolute atomic E-state index is 0.000608. The van der Waals surface area contributed by atoms with Crippen molar-refractivity contribution in [1.29, 1.82) is 0 Å². The predicted octanol–water partition coefficient (Wildman–Crippen LogP) is 3.92. The standard InChI is InChI=1S/C18H20F4N4O/c1-17(7-3-2-4-8-17)13-10-11(19)15-23-14(24-26(13)15)16(27)25-9-5-6-12(25)18(20,21)22/h2-4,7,11-13H,5-6,8-10H2,1H3/t11-,12?,13-,17?/m0/s1. The van der Waals surface area contributed by atoms with Crippen LogP contribution in [0, 0.1) is 5.41 Å². The molecule has 0 saturated carbocycles. The van der Waals surface area contributed by atoms with Gasteiger partial charge in [-0.25, -0.2) is 14.1 Å². The van der Waals surface area contributed by atoms with Crippen LogP contribution in [-0.4, -0.2) is 44.3 Å². The molecule has 0 aromatic carbocycles. The molecule has 146 valence electrons. The summed E-state index contributed by atoms with van der Waals surface area (Å²) in [6, 6.07) is -2.17. The number of aromatic nitrogens is 3. The zero-order valence-corrected chi connectivity index (χ0v) is 14.8. The summed E-state index contributed by atoms with van der Waals surface area (Å²) >= 11 is 0. The molecule has 1 aromatic heterocycles. The van der Waals surface area contributed by atoms with Crippen molar-refractivity contribution in [2.24, 2.45) is 5.41 Å². The van der Waals surface area contributed by atoms with E-state index in [1.54, 1.807) is 0 Å². The Bertz CT molecular complexity index is 815. The molecule has 0 spiro atoms. The summed E-state index contributed by atoms with van der Waals surface area (Å²) < 4.78 is 55.4. The first kappa shape index (κ1) is 18.2. The molecule has 4 rings (SSSR count). The summed E-state index contributed by atoms with van der Waals surface area (Å²) in [5.74, 6) is -1.21. The Kier molecular flexibility index (Phi) is 4.16. The summed E-state index contributed by atoms with van der Waals surface area (Å²) in [7, 11) is 0. The molecule has 1 saturated heterocycles. The number of alkyl halides is 4. The lowest BCUT2D eigenvalue weighted by molar-refractivity contribution is -0.169.